The molecule has 0 spiro atoms. The van der Waals surface area contributed by atoms with E-state index in [2.05, 4.69) is 0 Å². The van der Waals surface area contributed by atoms with Crippen molar-refractivity contribution in [3.8, 4) is 0 Å². The Balaban J connectivity index is 1.86. The SMILES string of the molecule is CC(O)C([C@]1(CO)O[C@H](OC2[C@@H](CO)O[C@@H](OC3[C@@H](CO)O[C@@H](O)[C@H](N)[C@H]3O)[C@H](N)[C@H]2O)[C@H](N)[C@@H](O)[C@@H]1O)S(=O)(=O)O. The van der Waals surface area contributed by atoms with Crippen LogP contribution in [-0.2, 0) is 33.8 Å². The summed E-state index contributed by atoms with van der Waals surface area (Å²) < 4.78 is 61.5. The summed E-state index contributed by atoms with van der Waals surface area (Å²) in [5, 5.41) is 89.9. The van der Waals surface area contributed by atoms with Gasteiger partial charge in [-0.05, 0) is 6.92 Å². The highest BCUT2D eigenvalue weighted by atomic mass is 32.2. The number of nitrogens with two attached hydrogens (primary N) is 3. The summed E-state index contributed by atoms with van der Waals surface area (Å²) in [6.45, 7) is -2.10. The molecule has 42 heavy (non-hydrogen) atoms. The second kappa shape index (κ2) is 13.7. The molecule has 0 aliphatic carbocycles. The minimum absolute atomic E-state index is 0.736. The molecular formula is C21H41N3O17S. The lowest BCUT2D eigenvalue weighted by Gasteiger charge is -2.52. The molecule has 0 amide bonds. The topological polar surface area (TPSA) is 361 Å². The van der Waals surface area contributed by atoms with Crippen molar-refractivity contribution in [1.82, 2.24) is 0 Å². The van der Waals surface area contributed by atoms with Gasteiger partial charge in [0, 0.05) is 0 Å². The van der Waals surface area contributed by atoms with Gasteiger partial charge in [-0.3, -0.25) is 4.55 Å². The van der Waals surface area contributed by atoms with E-state index in [0.29, 0.717) is 0 Å². The van der Waals surface area contributed by atoms with Gasteiger partial charge in [0.15, 0.2) is 18.9 Å². The third kappa shape index (κ3) is 6.60. The summed E-state index contributed by atoms with van der Waals surface area (Å²) in [4.78, 5) is 0. The average Bonchev–Trinajstić information content (AvgIpc) is 2.92. The molecule has 0 saturated carbocycles. The van der Waals surface area contributed by atoms with Crippen LogP contribution in [0.2, 0.25) is 0 Å². The summed E-state index contributed by atoms with van der Waals surface area (Å²) in [7, 11) is -5.27. The number of aliphatic hydroxyl groups excluding tert-OH is 9. The van der Waals surface area contributed by atoms with E-state index < -0.39 is 133 Å². The summed E-state index contributed by atoms with van der Waals surface area (Å²) in [5.74, 6) is 0. The van der Waals surface area contributed by atoms with Crippen LogP contribution in [0, 0.1) is 0 Å². The Hall–Kier alpha value is -0.770. The quantitative estimate of drug-likeness (QED) is 0.0986. The first kappa shape index (κ1) is 35.7. The van der Waals surface area contributed by atoms with Crippen molar-refractivity contribution in [2.45, 2.75) is 110 Å². The zero-order chi connectivity index (χ0) is 31.9. The third-order valence-corrected chi connectivity index (χ3v) is 9.19. The van der Waals surface area contributed by atoms with Crippen LogP contribution in [0.3, 0.4) is 0 Å². The predicted molar refractivity (Wildman–Crippen MR) is 133 cm³/mol. The van der Waals surface area contributed by atoms with Gasteiger partial charge in [0.2, 0.25) is 0 Å². The van der Waals surface area contributed by atoms with Crippen LogP contribution in [0.4, 0.5) is 0 Å². The minimum Gasteiger partial charge on any atom is -0.394 e. The summed E-state index contributed by atoms with van der Waals surface area (Å²) in [5.41, 5.74) is 14.9. The van der Waals surface area contributed by atoms with E-state index in [1.807, 2.05) is 0 Å². The molecule has 0 radical (unpaired) electrons. The summed E-state index contributed by atoms with van der Waals surface area (Å²) in [6.07, 6.45) is -20.9. The van der Waals surface area contributed by atoms with Gasteiger partial charge < -0.3 is 86.8 Å². The molecule has 0 aromatic heterocycles. The maximum absolute atomic E-state index is 12.1. The van der Waals surface area contributed by atoms with E-state index in [9.17, 15) is 58.9 Å². The smallest absolute Gasteiger partial charge is 0.273 e. The van der Waals surface area contributed by atoms with E-state index >= 15 is 0 Å². The van der Waals surface area contributed by atoms with E-state index in [-0.39, 0.29) is 0 Å². The lowest BCUT2D eigenvalue weighted by molar-refractivity contribution is -0.361. The molecule has 17 atom stereocenters. The van der Waals surface area contributed by atoms with Gasteiger partial charge in [0.1, 0.15) is 59.7 Å². The largest absolute Gasteiger partial charge is 0.394 e. The highest BCUT2D eigenvalue weighted by molar-refractivity contribution is 7.86. The Labute approximate surface area is 239 Å². The van der Waals surface area contributed by atoms with E-state index in [4.69, 9.17) is 40.9 Å². The van der Waals surface area contributed by atoms with Gasteiger partial charge in [-0.25, -0.2) is 0 Å². The van der Waals surface area contributed by atoms with Crippen LogP contribution in [-0.4, -0.2) is 182 Å². The molecule has 3 saturated heterocycles. The molecule has 0 bridgehead atoms. The number of aliphatic hydroxyl groups is 9. The highest BCUT2D eigenvalue weighted by Gasteiger charge is 2.63. The minimum atomic E-state index is -5.27. The van der Waals surface area contributed by atoms with Gasteiger partial charge in [0.25, 0.3) is 10.1 Å². The third-order valence-electron chi connectivity index (χ3n) is 7.76. The Bertz CT molecular complexity index is 993. The Morgan fingerprint density at radius 2 is 1.29 bits per heavy atom. The first-order valence-corrected chi connectivity index (χ1v) is 14.4. The van der Waals surface area contributed by atoms with Crippen molar-refractivity contribution in [2.75, 3.05) is 19.8 Å². The van der Waals surface area contributed by atoms with Crippen LogP contribution in [0.5, 0.6) is 0 Å². The number of ether oxygens (including phenoxy) is 5. The van der Waals surface area contributed by atoms with Crippen LogP contribution in [0.25, 0.3) is 0 Å². The fourth-order valence-corrected chi connectivity index (χ4v) is 6.74. The normalized spacial score (nSPS) is 48.5. The van der Waals surface area contributed by atoms with E-state index in [0.717, 1.165) is 6.92 Å². The fraction of sp³-hybridized carbons (Fsp3) is 1.00. The van der Waals surface area contributed by atoms with E-state index in [1.165, 1.54) is 0 Å². The zero-order valence-corrected chi connectivity index (χ0v) is 23.1. The number of hydrogen-bond acceptors (Lipinski definition) is 19. The predicted octanol–water partition coefficient (Wildman–Crippen LogP) is -8.67. The number of hydrogen-bond donors (Lipinski definition) is 13. The Morgan fingerprint density at radius 3 is 1.76 bits per heavy atom. The van der Waals surface area contributed by atoms with Crippen LogP contribution >= 0.6 is 0 Å². The fourth-order valence-electron chi connectivity index (χ4n) is 5.47. The standard InChI is InChI=1S/C21H41N3O17S/c1-5(28)17(42(34,35)36)21(4-27)16(32)13(31)10(24)20(41-21)40-15-7(3-26)38-19(9(23)12(15)30)39-14-6(2-25)37-18(33)8(22)11(14)29/h5-20,25-33H,2-4,22-24H2,1H3,(H,34,35,36)/t5?,6-,7-,8-,9-,10-,11-,12-,13-,14?,15?,16+,17?,18-,19+,20+,21-/m1/s1. The monoisotopic (exact) mass is 639 g/mol. The van der Waals surface area contributed by atoms with Crippen LogP contribution in [0.1, 0.15) is 6.92 Å². The average molecular weight is 640 g/mol. The summed E-state index contributed by atoms with van der Waals surface area (Å²) >= 11 is 0. The Morgan fingerprint density at radius 1 is 0.810 bits per heavy atom. The first-order valence-electron chi connectivity index (χ1n) is 12.9. The first-order chi connectivity index (χ1) is 19.5. The van der Waals surface area contributed by atoms with Crippen molar-refractivity contribution in [2.24, 2.45) is 17.2 Å². The maximum atomic E-state index is 12.1. The molecule has 3 aliphatic rings. The van der Waals surface area contributed by atoms with Gasteiger partial charge in [0.05, 0.1) is 44.1 Å². The Kier molecular flexibility index (Phi) is 11.6. The molecule has 3 heterocycles. The lowest BCUT2D eigenvalue weighted by Crippen LogP contribution is -2.75. The molecule has 3 fully saturated rings. The molecule has 16 N–H and O–H groups in total. The number of rotatable bonds is 10. The van der Waals surface area contributed by atoms with Crippen LogP contribution in [0.15, 0.2) is 0 Å². The molecule has 21 heteroatoms. The van der Waals surface area contributed by atoms with Crippen LogP contribution < -0.4 is 17.2 Å². The van der Waals surface area contributed by atoms with Gasteiger partial charge in [-0.15, -0.1) is 0 Å². The molecule has 3 rings (SSSR count). The summed E-state index contributed by atoms with van der Waals surface area (Å²) in [6, 6.07) is -4.59. The molecule has 3 aliphatic heterocycles. The molecule has 20 nitrogen and oxygen atoms in total. The highest BCUT2D eigenvalue weighted by Crippen LogP contribution is 2.38. The van der Waals surface area contributed by atoms with Crippen molar-refractivity contribution >= 4 is 10.1 Å². The molecule has 4 unspecified atom stereocenters. The lowest BCUT2D eigenvalue weighted by atomic mass is 9.82. The van der Waals surface area contributed by atoms with Crippen molar-refractivity contribution in [3.63, 3.8) is 0 Å². The maximum Gasteiger partial charge on any atom is 0.273 e. The van der Waals surface area contributed by atoms with Crippen molar-refractivity contribution in [1.29, 1.82) is 0 Å². The molecule has 0 aromatic rings. The van der Waals surface area contributed by atoms with Crippen molar-refractivity contribution < 1.29 is 82.6 Å². The second-order valence-corrected chi connectivity index (χ2v) is 12.1. The van der Waals surface area contributed by atoms with E-state index in [1.54, 1.807) is 0 Å². The van der Waals surface area contributed by atoms with Gasteiger partial charge in [-0.2, -0.15) is 8.42 Å². The second-order valence-electron chi connectivity index (χ2n) is 10.6. The zero-order valence-electron chi connectivity index (χ0n) is 22.3. The van der Waals surface area contributed by atoms with Gasteiger partial charge >= 0.3 is 0 Å². The molecular weight excluding hydrogens is 598 g/mol. The molecule has 248 valence electrons. The molecule has 0 aromatic carbocycles. The van der Waals surface area contributed by atoms with Crippen molar-refractivity contribution in [3.05, 3.63) is 0 Å². The van der Waals surface area contributed by atoms with Gasteiger partial charge in [-0.1, -0.05) is 0 Å².